The number of ether oxygens (including phenoxy) is 2. The van der Waals surface area contributed by atoms with Crippen molar-refractivity contribution in [3.8, 4) is 5.75 Å². The molecule has 2 aliphatic heterocycles. The number of aromatic amines is 1. The molecule has 0 amide bonds. The summed E-state index contributed by atoms with van der Waals surface area (Å²) >= 11 is 0. The molecule has 24 heavy (non-hydrogen) atoms. The van der Waals surface area contributed by atoms with Crippen molar-refractivity contribution in [1.29, 1.82) is 0 Å². The number of hydrogen-bond donors (Lipinski definition) is 1. The van der Waals surface area contributed by atoms with Crippen LogP contribution in [0.1, 0.15) is 43.7 Å². The first kappa shape index (κ1) is 16.0. The molecule has 0 spiro atoms. The summed E-state index contributed by atoms with van der Waals surface area (Å²) < 4.78 is 11.7. The Bertz CT molecular complexity index is 710. The molecule has 1 N–H and O–H groups in total. The summed E-state index contributed by atoms with van der Waals surface area (Å²) in [7, 11) is 1.78. The van der Waals surface area contributed by atoms with Crippen LogP contribution in [0.2, 0.25) is 0 Å². The normalized spacial score (nSPS) is 27.0. The van der Waals surface area contributed by atoms with E-state index in [-0.39, 0.29) is 0 Å². The summed E-state index contributed by atoms with van der Waals surface area (Å²) in [6.07, 6.45) is 7.45. The van der Waals surface area contributed by atoms with E-state index >= 15 is 0 Å². The number of rotatable bonds is 5. The van der Waals surface area contributed by atoms with E-state index in [2.05, 4.69) is 35.9 Å². The van der Waals surface area contributed by atoms with E-state index in [0.29, 0.717) is 18.2 Å². The van der Waals surface area contributed by atoms with Crippen molar-refractivity contribution in [1.82, 2.24) is 9.88 Å². The number of aromatic nitrogens is 1. The lowest BCUT2D eigenvalue weighted by atomic mass is 9.97. The maximum atomic E-state index is 5.92. The predicted octanol–water partition coefficient (Wildman–Crippen LogP) is 4.02. The zero-order valence-electron chi connectivity index (χ0n) is 15.0. The number of benzene rings is 1. The van der Waals surface area contributed by atoms with Crippen LogP contribution in [0.3, 0.4) is 0 Å². The second-order valence-corrected chi connectivity index (χ2v) is 7.25. The molecule has 3 heterocycles. The molecule has 4 nitrogen and oxygen atoms in total. The smallest absolute Gasteiger partial charge is 0.124 e. The molecule has 0 radical (unpaired) electrons. The third-order valence-corrected chi connectivity index (χ3v) is 5.92. The molecule has 1 aromatic heterocycles. The maximum absolute atomic E-state index is 5.92. The summed E-state index contributed by atoms with van der Waals surface area (Å²) in [6.45, 7) is 6.06. The van der Waals surface area contributed by atoms with Gasteiger partial charge in [-0.25, -0.2) is 0 Å². The highest BCUT2D eigenvalue weighted by atomic mass is 16.5. The van der Waals surface area contributed by atoms with Gasteiger partial charge in [-0.3, -0.25) is 4.90 Å². The highest BCUT2D eigenvalue weighted by Gasteiger charge is 2.41. The van der Waals surface area contributed by atoms with Crippen molar-refractivity contribution < 1.29 is 9.47 Å². The van der Waals surface area contributed by atoms with E-state index < -0.39 is 0 Å². The highest BCUT2D eigenvalue weighted by molar-refractivity contribution is 5.88. The lowest BCUT2D eigenvalue weighted by Gasteiger charge is -2.39. The first-order chi connectivity index (χ1) is 11.7. The SMILES string of the molecule is CCOC1C[C@H]2CC[C@@H](C1)N2Cc1c(OC)cc(C)c2[nH]ccc12. The second kappa shape index (κ2) is 6.41. The fourth-order valence-electron chi connectivity index (χ4n) is 4.82. The van der Waals surface area contributed by atoms with E-state index in [9.17, 15) is 0 Å². The number of methoxy groups -OCH3 is 1. The van der Waals surface area contributed by atoms with Crippen molar-refractivity contribution in [2.45, 2.75) is 64.3 Å². The molecule has 3 atom stereocenters. The van der Waals surface area contributed by atoms with Gasteiger partial charge >= 0.3 is 0 Å². The molecule has 1 unspecified atom stereocenters. The molecular weight excluding hydrogens is 300 g/mol. The van der Waals surface area contributed by atoms with Gasteiger partial charge in [0.2, 0.25) is 0 Å². The zero-order chi connectivity index (χ0) is 16.7. The van der Waals surface area contributed by atoms with Crippen LogP contribution in [0.4, 0.5) is 0 Å². The van der Waals surface area contributed by atoms with Gasteiger partial charge in [-0.15, -0.1) is 0 Å². The molecule has 2 fully saturated rings. The predicted molar refractivity (Wildman–Crippen MR) is 96.6 cm³/mol. The highest BCUT2D eigenvalue weighted by Crippen LogP contribution is 2.40. The Hall–Kier alpha value is -1.52. The van der Waals surface area contributed by atoms with Crippen LogP contribution < -0.4 is 4.74 Å². The minimum Gasteiger partial charge on any atom is -0.496 e. The fraction of sp³-hybridized carbons (Fsp3) is 0.600. The molecule has 0 saturated carbocycles. The second-order valence-electron chi connectivity index (χ2n) is 7.25. The average molecular weight is 328 g/mol. The standard InChI is InChI=1S/C20H28N2O2/c1-4-24-16-10-14-5-6-15(11-16)22(14)12-18-17-7-8-21-20(17)13(2)9-19(18)23-3/h7-9,14-16,21H,4-6,10-12H2,1-3H3/t14-,15+,16?. The molecule has 2 bridgehead atoms. The van der Waals surface area contributed by atoms with Crippen molar-refractivity contribution in [3.05, 3.63) is 29.5 Å². The Morgan fingerprint density at radius 3 is 2.67 bits per heavy atom. The maximum Gasteiger partial charge on any atom is 0.124 e. The van der Waals surface area contributed by atoms with Gasteiger partial charge < -0.3 is 14.5 Å². The van der Waals surface area contributed by atoms with Gasteiger partial charge in [0.1, 0.15) is 5.75 Å². The van der Waals surface area contributed by atoms with E-state index in [0.717, 1.165) is 18.9 Å². The Kier molecular flexibility index (Phi) is 4.27. The molecule has 0 aliphatic carbocycles. The lowest BCUT2D eigenvalue weighted by molar-refractivity contribution is -0.0174. The van der Waals surface area contributed by atoms with E-state index in [1.807, 2.05) is 6.20 Å². The number of fused-ring (bicyclic) bond motifs is 3. The third-order valence-electron chi connectivity index (χ3n) is 5.92. The minimum absolute atomic E-state index is 0.455. The van der Waals surface area contributed by atoms with Crippen molar-refractivity contribution in [3.63, 3.8) is 0 Å². The quantitative estimate of drug-likeness (QED) is 0.901. The van der Waals surface area contributed by atoms with Crippen LogP contribution >= 0.6 is 0 Å². The van der Waals surface area contributed by atoms with Crippen molar-refractivity contribution in [2.75, 3.05) is 13.7 Å². The molecule has 4 rings (SSSR count). The van der Waals surface area contributed by atoms with Crippen LogP contribution in [-0.4, -0.2) is 41.8 Å². The molecular formula is C20H28N2O2. The molecule has 1 aromatic carbocycles. The van der Waals surface area contributed by atoms with E-state index in [4.69, 9.17) is 9.47 Å². The Morgan fingerprint density at radius 1 is 1.25 bits per heavy atom. The first-order valence-electron chi connectivity index (χ1n) is 9.22. The number of hydrogen-bond acceptors (Lipinski definition) is 3. The first-order valence-corrected chi connectivity index (χ1v) is 9.22. The van der Waals surface area contributed by atoms with Crippen LogP contribution in [0.25, 0.3) is 10.9 Å². The minimum atomic E-state index is 0.455. The van der Waals surface area contributed by atoms with Gasteiger partial charge in [-0.05, 0) is 57.2 Å². The van der Waals surface area contributed by atoms with Gasteiger partial charge in [0.25, 0.3) is 0 Å². The van der Waals surface area contributed by atoms with Crippen LogP contribution in [0.15, 0.2) is 18.3 Å². The van der Waals surface area contributed by atoms with Crippen LogP contribution in [0, 0.1) is 6.92 Å². The Labute approximate surface area is 144 Å². The van der Waals surface area contributed by atoms with Crippen molar-refractivity contribution >= 4 is 10.9 Å². The van der Waals surface area contributed by atoms with Crippen molar-refractivity contribution in [2.24, 2.45) is 0 Å². The van der Waals surface area contributed by atoms with Crippen LogP contribution in [0.5, 0.6) is 5.75 Å². The average Bonchev–Trinajstić information content (AvgIpc) is 3.14. The van der Waals surface area contributed by atoms with Gasteiger partial charge in [0, 0.05) is 47.9 Å². The Morgan fingerprint density at radius 2 is 2.00 bits per heavy atom. The topological polar surface area (TPSA) is 37.5 Å². The largest absolute Gasteiger partial charge is 0.496 e. The number of piperidine rings is 1. The molecule has 2 saturated heterocycles. The molecule has 4 heteroatoms. The van der Waals surface area contributed by atoms with Gasteiger partial charge in [-0.1, -0.05) is 0 Å². The summed E-state index contributed by atoms with van der Waals surface area (Å²) in [5, 5.41) is 1.30. The zero-order valence-corrected chi connectivity index (χ0v) is 15.0. The number of aryl methyl sites for hydroxylation is 1. The van der Waals surface area contributed by atoms with Gasteiger partial charge in [-0.2, -0.15) is 0 Å². The number of nitrogens with one attached hydrogen (secondary N) is 1. The van der Waals surface area contributed by atoms with E-state index in [1.54, 1.807) is 7.11 Å². The Balaban J connectivity index is 1.63. The van der Waals surface area contributed by atoms with Gasteiger partial charge in [0.05, 0.1) is 13.2 Å². The molecule has 2 aromatic rings. The van der Waals surface area contributed by atoms with Crippen LogP contribution in [-0.2, 0) is 11.3 Å². The number of H-pyrrole nitrogens is 1. The summed E-state index contributed by atoms with van der Waals surface area (Å²) in [6, 6.07) is 5.67. The monoisotopic (exact) mass is 328 g/mol. The third kappa shape index (κ3) is 2.62. The summed E-state index contributed by atoms with van der Waals surface area (Å²) in [4.78, 5) is 6.09. The van der Waals surface area contributed by atoms with Gasteiger partial charge in [0.15, 0.2) is 0 Å². The number of nitrogens with zero attached hydrogens (tertiary/aromatic N) is 1. The summed E-state index contributed by atoms with van der Waals surface area (Å²) in [5.41, 5.74) is 3.81. The molecule has 130 valence electrons. The molecule has 2 aliphatic rings. The lowest BCUT2D eigenvalue weighted by Crippen LogP contribution is -2.44. The summed E-state index contributed by atoms with van der Waals surface area (Å²) in [5.74, 6) is 1.02. The van der Waals surface area contributed by atoms with E-state index in [1.165, 1.54) is 47.7 Å². The fourth-order valence-corrected chi connectivity index (χ4v) is 4.82.